The fourth-order valence-corrected chi connectivity index (χ4v) is 3.25. The van der Waals surface area contributed by atoms with Crippen LogP contribution in [0.4, 0.5) is 4.79 Å². The minimum Gasteiger partial charge on any atom is -0.480 e. The van der Waals surface area contributed by atoms with Crippen LogP contribution in [-0.4, -0.2) is 29.2 Å². The van der Waals surface area contributed by atoms with E-state index < -0.39 is 12.0 Å². The maximum absolute atomic E-state index is 12.0. The van der Waals surface area contributed by atoms with Gasteiger partial charge in [-0.2, -0.15) is 0 Å². The molecule has 0 radical (unpaired) electrons. The van der Waals surface area contributed by atoms with Gasteiger partial charge in [0.1, 0.15) is 6.04 Å². The Labute approximate surface area is 120 Å². The fraction of sp³-hybridized carbons (Fsp3) is 0.867. The maximum atomic E-state index is 12.0. The first-order valence-electron chi connectivity index (χ1n) is 7.91. The van der Waals surface area contributed by atoms with Crippen molar-refractivity contribution >= 4 is 12.0 Å². The quantitative estimate of drug-likeness (QED) is 0.700. The smallest absolute Gasteiger partial charge is 0.326 e. The van der Waals surface area contributed by atoms with E-state index in [-0.39, 0.29) is 18.0 Å². The molecule has 2 aliphatic carbocycles. The highest BCUT2D eigenvalue weighted by Crippen LogP contribution is 2.33. The van der Waals surface area contributed by atoms with Gasteiger partial charge >= 0.3 is 12.0 Å². The molecule has 0 saturated heterocycles. The van der Waals surface area contributed by atoms with E-state index in [0.29, 0.717) is 5.92 Å². The highest BCUT2D eigenvalue weighted by molar-refractivity contribution is 5.83. The zero-order valence-corrected chi connectivity index (χ0v) is 12.2. The first-order valence-corrected chi connectivity index (χ1v) is 7.91. The lowest BCUT2D eigenvalue weighted by molar-refractivity contribution is -0.139. The van der Waals surface area contributed by atoms with Crippen LogP contribution in [0.25, 0.3) is 0 Å². The third-order valence-corrected chi connectivity index (χ3v) is 4.62. The van der Waals surface area contributed by atoms with Crippen molar-refractivity contribution in [2.75, 3.05) is 0 Å². The lowest BCUT2D eigenvalue weighted by Gasteiger charge is -2.30. The summed E-state index contributed by atoms with van der Waals surface area (Å²) in [7, 11) is 0. The van der Waals surface area contributed by atoms with Crippen molar-refractivity contribution in [3.63, 3.8) is 0 Å². The number of rotatable bonds is 6. The van der Waals surface area contributed by atoms with Crippen LogP contribution >= 0.6 is 0 Å². The van der Waals surface area contributed by atoms with Crippen molar-refractivity contribution < 1.29 is 14.7 Å². The van der Waals surface area contributed by atoms with Crippen molar-refractivity contribution in [3.8, 4) is 0 Å². The van der Waals surface area contributed by atoms with Crippen LogP contribution < -0.4 is 10.6 Å². The second kappa shape index (κ2) is 6.95. The van der Waals surface area contributed by atoms with Gasteiger partial charge in [-0.3, -0.25) is 0 Å². The molecule has 2 amide bonds. The minimum atomic E-state index is -0.923. The molecule has 0 bridgehead atoms. The summed E-state index contributed by atoms with van der Waals surface area (Å²) in [4.78, 5) is 23.1. The van der Waals surface area contributed by atoms with E-state index in [0.717, 1.165) is 19.3 Å². The van der Waals surface area contributed by atoms with Gasteiger partial charge in [-0.15, -0.1) is 0 Å². The normalized spacial score (nSPS) is 22.9. The zero-order valence-electron chi connectivity index (χ0n) is 12.2. The van der Waals surface area contributed by atoms with Gasteiger partial charge in [-0.05, 0) is 43.9 Å². The Bertz CT molecular complexity index is 349. The Morgan fingerprint density at radius 1 is 1.05 bits per heavy atom. The molecular weight excluding hydrogens is 256 g/mol. The van der Waals surface area contributed by atoms with Crippen LogP contribution in [0.3, 0.4) is 0 Å². The van der Waals surface area contributed by atoms with Crippen molar-refractivity contribution in [1.29, 1.82) is 0 Å². The van der Waals surface area contributed by atoms with E-state index in [2.05, 4.69) is 17.6 Å². The molecule has 2 atom stereocenters. The van der Waals surface area contributed by atoms with E-state index in [4.69, 9.17) is 5.11 Å². The average Bonchev–Trinajstić information content (AvgIpc) is 3.27. The molecule has 0 aromatic rings. The number of hydrogen-bond donors (Lipinski definition) is 3. The van der Waals surface area contributed by atoms with Gasteiger partial charge in [0.15, 0.2) is 0 Å². The lowest BCUT2D eigenvalue weighted by atomic mass is 9.83. The van der Waals surface area contributed by atoms with Crippen molar-refractivity contribution in [3.05, 3.63) is 0 Å². The molecular formula is C15H26N2O3. The molecule has 2 aliphatic rings. The third-order valence-electron chi connectivity index (χ3n) is 4.62. The summed E-state index contributed by atoms with van der Waals surface area (Å²) in [5.74, 6) is -0.259. The molecule has 5 nitrogen and oxygen atoms in total. The number of nitrogens with one attached hydrogen (secondary N) is 2. The Kier molecular flexibility index (Phi) is 5.26. The molecule has 2 rings (SSSR count). The van der Waals surface area contributed by atoms with E-state index >= 15 is 0 Å². The molecule has 3 N–H and O–H groups in total. The van der Waals surface area contributed by atoms with E-state index in [1.807, 2.05) is 0 Å². The first-order chi connectivity index (χ1) is 9.61. The number of amides is 2. The summed E-state index contributed by atoms with van der Waals surface area (Å²) < 4.78 is 0. The van der Waals surface area contributed by atoms with Crippen LogP contribution in [0.1, 0.15) is 58.3 Å². The average molecular weight is 282 g/mol. The molecule has 2 saturated carbocycles. The number of carbonyl (C=O) groups excluding carboxylic acids is 1. The summed E-state index contributed by atoms with van der Waals surface area (Å²) in [5.41, 5.74) is 0. The molecule has 0 aromatic heterocycles. The third kappa shape index (κ3) is 4.12. The van der Waals surface area contributed by atoms with Gasteiger partial charge in [0.2, 0.25) is 0 Å². The summed E-state index contributed by atoms with van der Waals surface area (Å²) >= 11 is 0. The summed E-state index contributed by atoms with van der Waals surface area (Å²) in [6, 6.07) is -0.871. The van der Waals surface area contributed by atoms with Gasteiger partial charge in [0.05, 0.1) is 0 Å². The Morgan fingerprint density at radius 3 is 2.20 bits per heavy atom. The van der Waals surface area contributed by atoms with E-state index in [1.165, 1.54) is 32.1 Å². The second-order valence-electron chi connectivity index (χ2n) is 6.18. The predicted octanol–water partition coefficient (Wildman–Crippen LogP) is 2.51. The number of hydrogen-bond acceptors (Lipinski definition) is 2. The summed E-state index contributed by atoms with van der Waals surface area (Å²) in [5, 5.41) is 14.8. The van der Waals surface area contributed by atoms with Gasteiger partial charge in [0.25, 0.3) is 0 Å². The molecule has 0 heterocycles. The van der Waals surface area contributed by atoms with Crippen molar-refractivity contribution in [1.82, 2.24) is 10.6 Å². The molecule has 5 heteroatoms. The molecule has 2 unspecified atom stereocenters. The van der Waals surface area contributed by atoms with Crippen LogP contribution in [0.2, 0.25) is 0 Å². The van der Waals surface area contributed by atoms with Crippen LogP contribution in [-0.2, 0) is 4.79 Å². The number of aliphatic carboxylic acids is 1. The number of carbonyl (C=O) groups is 2. The molecule has 114 valence electrons. The number of urea groups is 1. The second-order valence-corrected chi connectivity index (χ2v) is 6.18. The molecule has 0 spiro atoms. The zero-order chi connectivity index (χ0) is 14.5. The van der Waals surface area contributed by atoms with Crippen molar-refractivity contribution in [2.45, 2.75) is 70.4 Å². The number of carboxylic acids is 1. The number of carboxylic acid groups (broad SMARTS) is 1. The Balaban J connectivity index is 1.83. The standard InChI is InChI=1S/C15H26N2O3/c1-2-12(10-6-4-3-5-7-10)16-15(20)17-13(14(18)19)11-8-9-11/h10-13H,2-9H2,1H3,(H,18,19)(H2,16,17,20). The van der Waals surface area contributed by atoms with Gasteiger partial charge in [0, 0.05) is 6.04 Å². The molecule has 2 fully saturated rings. The minimum absolute atomic E-state index is 0.119. The largest absolute Gasteiger partial charge is 0.480 e. The Morgan fingerprint density at radius 2 is 1.70 bits per heavy atom. The molecule has 20 heavy (non-hydrogen) atoms. The van der Waals surface area contributed by atoms with Gasteiger partial charge < -0.3 is 15.7 Å². The van der Waals surface area contributed by atoms with Crippen LogP contribution in [0.15, 0.2) is 0 Å². The van der Waals surface area contributed by atoms with Gasteiger partial charge in [-0.25, -0.2) is 9.59 Å². The predicted molar refractivity (Wildman–Crippen MR) is 76.5 cm³/mol. The Hall–Kier alpha value is -1.26. The van der Waals surface area contributed by atoms with E-state index in [1.54, 1.807) is 0 Å². The lowest BCUT2D eigenvalue weighted by Crippen LogP contribution is -2.51. The monoisotopic (exact) mass is 282 g/mol. The highest BCUT2D eigenvalue weighted by atomic mass is 16.4. The van der Waals surface area contributed by atoms with E-state index in [9.17, 15) is 9.59 Å². The van der Waals surface area contributed by atoms with Crippen molar-refractivity contribution in [2.24, 2.45) is 11.8 Å². The fourth-order valence-electron chi connectivity index (χ4n) is 3.25. The first kappa shape index (κ1) is 15.1. The SMILES string of the molecule is CCC(NC(=O)NC(C(=O)O)C1CC1)C1CCCCC1. The van der Waals surface area contributed by atoms with Gasteiger partial charge in [-0.1, -0.05) is 26.2 Å². The molecule has 0 aromatic carbocycles. The highest BCUT2D eigenvalue weighted by Gasteiger charge is 2.37. The topological polar surface area (TPSA) is 78.4 Å². The maximum Gasteiger partial charge on any atom is 0.326 e. The molecule has 0 aliphatic heterocycles. The van der Waals surface area contributed by atoms with Crippen LogP contribution in [0.5, 0.6) is 0 Å². The summed E-state index contributed by atoms with van der Waals surface area (Å²) in [6.45, 7) is 2.08. The summed E-state index contributed by atoms with van der Waals surface area (Å²) in [6.07, 6.45) is 8.82. The van der Waals surface area contributed by atoms with Crippen LogP contribution in [0, 0.1) is 11.8 Å².